The van der Waals surface area contributed by atoms with E-state index in [0.29, 0.717) is 0 Å². The highest BCUT2D eigenvalue weighted by molar-refractivity contribution is 6.31. The molecule has 1 aromatic carbocycles. The van der Waals surface area contributed by atoms with E-state index in [1.54, 1.807) is 6.92 Å². The van der Waals surface area contributed by atoms with E-state index in [2.05, 4.69) is 0 Å². The number of nitrogens with two attached hydrogens (primary N) is 1. The van der Waals surface area contributed by atoms with Gasteiger partial charge in [-0.25, -0.2) is 4.39 Å². The fraction of sp³-hybridized carbons (Fsp3) is 0.385. The first kappa shape index (κ1) is 14.7. The van der Waals surface area contributed by atoms with Gasteiger partial charge in [0.05, 0.1) is 23.3 Å². The molecule has 0 spiro atoms. The fourth-order valence-corrected chi connectivity index (χ4v) is 2.43. The zero-order valence-corrected chi connectivity index (χ0v) is 11.6. The van der Waals surface area contributed by atoms with Crippen LogP contribution in [-0.2, 0) is 9.53 Å². The lowest BCUT2D eigenvalue weighted by molar-refractivity contribution is -0.132. The number of amides is 2. The second kappa shape index (κ2) is 5.76. The third kappa shape index (κ3) is 2.62. The van der Waals surface area contributed by atoms with Crippen molar-refractivity contribution >= 4 is 23.4 Å². The van der Waals surface area contributed by atoms with Gasteiger partial charge in [-0.3, -0.25) is 9.59 Å². The summed E-state index contributed by atoms with van der Waals surface area (Å²) in [7, 11) is 0. The van der Waals surface area contributed by atoms with Crippen molar-refractivity contribution in [2.24, 2.45) is 5.73 Å². The Balaban J connectivity index is 2.35. The van der Waals surface area contributed by atoms with Crippen molar-refractivity contribution in [2.45, 2.75) is 19.1 Å². The van der Waals surface area contributed by atoms with Crippen LogP contribution in [0.1, 0.15) is 17.3 Å². The van der Waals surface area contributed by atoms with E-state index in [1.807, 2.05) is 0 Å². The number of hydrogen-bond donors (Lipinski definition) is 1. The number of carbonyl (C=O) groups excluding carboxylic acids is 2. The molecule has 0 aliphatic carbocycles. The molecule has 1 aliphatic rings. The van der Waals surface area contributed by atoms with E-state index in [0.717, 1.165) is 0 Å². The Morgan fingerprint density at radius 1 is 1.50 bits per heavy atom. The van der Waals surface area contributed by atoms with Gasteiger partial charge in [0.1, 0.15) is 6.04 Å². The molecule has 0 radical (unpaired) electrons. The van der Waals surface area contributed by atoms with Crippen LogP contribution in [0, 0.1) is 5.82 Å². The van der Waals surface area contributed by atoms with Crippen molar-refractivity contribution < 1.29 is 18.7 Å². The molecule has 7 heteroatoms. The molecule has 0 aromatic heterocycles. The Kier molecular flexibility index (Phi) is 4.25. The van der Waals surface area contributed by atoms with Crippen LogP contribution in [-0.4, -0.2) is 42.0 Å². The summed E-state index contributed by atoms with van der Waals surface area (Å²) in [5.41, 5.74) is 5.12. The lowest BCUT2D eigenvalue weighted by Crippen LogP contribution is -2.58. The number of halogens is 2. The van der Waals surface area contributed by atoms with Crippen LogP contribution in [0.2, 0.25) is 5.02 Å². The third-order valence-corrected chi connectivity index (χ3v) is 3.52. The van der Waals surface area contributed by atoms with Gasteiger partial charge in [-0.15, -0.1) is 0 Å². The van der Waals surface area contributed by atoms with Crippen LogP contribution in [0.25, 0.3) is 0 Å². The highest BCUT2D eigenvalue weighted by Crippen LogP contribution is 2.22. The first-order valence-electron chi connectivity index (χ1n) is 6.09. The fourth-order valence-electron chi connectivity index (χ4n) is 2.26. The van der Waals surface area contributed by atoms with Crippen LogP contribution < -0.4 is 5.73 Å². The number of hydrogen-bond acceptors (Lipinski definition) is 3. The second-order valence-electron chi connectivity index (χ2n) is 4.52. The van der Waals surface area contributed by atoms with Crippen molar-refractivity contribution in [3.05, 3.63) is 34.6 Å². The summed E-state index contributed by atoms with van der Waals surface area (Å²) in [6, 6.07) is 3.22. The number of ether oxygens (including phenoxy) is 1. The molecule has 108 valence electrons. The number of primary amides is 1. The Hall–Kier alpha value is -1.66. The highest BCUT2D eigenvalue weighted by atomic mass is 35.5. The van der Waals surface area contributed by atoms with Crippen molar-refractivity contribution in [3.63, 3.8) is 0 Å². The smallest absolute Gasteiger partial charge is 0.257 e. The number of nitrogens with zero attached hydrogens (tertiary/aromatic N) is 1. The van der Waals surface area contributed by atoms with E-state index in [4.69, 9.17) is 22.1 Å². The molecule has 0 bridgehead atoms. The van der Waals surface area contributed by atoms with Gasteiger partial charge in [0.15, 0.2) is 5.82 Å². The largest absolute Gasteiger partial charge is 0.374 e. The van der Waals surface area contributed by atoms with Crippen molar-refractivity contribution in [1.29, 1.82) is 0 Å². The zero-order valence-electron chi connectivity index (χ0n) is 10.8. The van der Waals surface area contributed by atoms with Gasteiger partial charge in [0, 0.05) is 6.54 Å². The van der Waals surface area contributed by atoms with E-state index < -0.39 is 29.8 Å². The first-order chi connectivity index (χ1) is 9.43. The third-order valence-electron chi connectivity index (χ3n) is 3.23. The molecule has 2 rings (SSSR count). The Bertz CT molecular complexity index is 552. The first-order valence-corrected chi connectivity index (χ1v) is 6.47. The lowest BCUT2D eigenvalue weighted by Gasteiger charge is -2.37. The monoisotopic (exact) mass is 300 g/mol. The molecule has 1 heterocycles. The molecule has 0 unspecified atom stereocenters. The molecule has 0 saturated carbocycles. The highest BCUT2D eigenvalue weighted by Gasteiger charge is 2.37. The number of rotatable bonds is 2. The summed E-state index contributed by atoms with van der Waals surface area (Å²) < 4.78 is 19.2. The maximum absolute atomic E-state index is 13.9. The second-order valence-corrected chi connectivity index (χ2v) is 4.93. The molecule has 2 atom stereocenters. The van der Waals surface area contributed by atoms with Crippen LogP contribution in [0.5, 0.6) is 0 Å². The lowest BCUT2D eigenvalue weighted by atomic mass is 10.1. The number of benzene rings is 1. The van der Waals surface area contributed by atoms with Gasteiger partial charge in [0.25, 0.3) is 5.91 Å². The topological polar surface area (TPSA) is 72.6 Å². The molecule has 1 saturated heterocycles. The summed E-state index contributed by atoms with van der Waals surface area (Å²) >= 11 is 5.66. The molecule has 1 aliphatic heterocycles. The molecule has 1 fully saturated rings. The Morgan fingerprint density at radius 2 is 2.20 bits per heavy atom. The van der Waals surface area contributed by atoms with E-state index >= 15 is 0 Å². The zero-order chi connectivity index (χ0) is 14.9. The van der Waals surface area contributed by atoms with E-state index in [1.165, 1.54) is 23.1 Å². The SMILES string of the molecule is C[C@H]1OCCN(C(=O)c2cccc(Cl)c2F)[C@@H]1C(N)=O. The molecular formula is C13H14ClFN2O3. The Labute approximate surface area is 120 Å². The summed E-state index contributed by atoms with van der Waals surface area (Å²) in [6.45, 7) is 2.07. The van der Waals surface area contributed by atoms with Crippen LogP contribution in [0.3, 0.4) is 0 Å². The van der Waals surface area contributed by atoms with Crippen molar-refractivity contribution in [2.75, 3.05) is 13.2 Å². The van der Waals surface area contributed by atoms with Gasteiger partial charge in [-0.05, 0) is 19.1 Å². The maximum Gasteiger partial charge on any atom is 0.257 e. The van der Waals surface area contributed by atoms with E-state index in [-0.39, 0.29) is 23.7 Å². The van der Waals surface area contributed by atoms with Gasteiger partial charge in [0.2, 0.25) is 5.91 Å². The summed E-state index contributed by atoms with van der Waals surface area (Å²) in [5, 5.41) is -0.146. The van der Waals surface area contributed by atoms with Gasteiger partial charge in [-0.2, -0.15) is 0 Å². The maximum atomic E-state index is 13.9. The quantitative estimate of drug-likeness (QED) is 0.892. The van der Waals surface area contributed by atoms with Gasteiger partial charge < -0.3 is 15.4 Å². The standard InChI is InChI=1S/C13H14ClFN2O3/c1-7-11(12(16)18)17(5-6-20-7)13(19)8-3-2-4-9(14)10(8)15/h2-4,7,11H,5-6H2,1H3,(H2,16,18)/t7-,11+/m1/s1. The number of carbonyl (C=O) groups is 2. The van der Waals surface area contributed by atoms with E-state index in [9.17, 15) is 14.0 Å². The van der Waals surface area contributed by atoms with Crippen molar-refractivity contribution in [1.82, 2.24) is 4.90 Å². The van der Waals surface area contributed by atoms with Gasteiger partial charge in [-0.1, -0.05) is 17.7 Å². The molecule has 1 aromatic rings. The van der Waals surface area contributed by atoms with Gasteiger partial charge >= 0.3 is 0 Å². The van der Waals surface area contributed by atoms with Crippen molar-refractivity contribution in [3.8, 4) is 0 Å². The summed E-state index contributed by atoms with van der Waals surface area (Å²) in [4.78, 5) is 25.1. The molecule has 2 N–H and O–H groups in total. The average Bonchev–Trinajstić information content (AvgIpc) is 2.40. The minimum Gasteiger partial charge on any atom is -0.374 e. The molecular weight excluding hydrogens is 287 g/mol. The van der Waals surface area contributed by atoms with Crippen LogP contribution in [0.15, 0.2) is 18.2 Å². The number of morpholine rings is 1. The minimum absolute atomic E-state index is 0.146. The Morgan fingerprint density at radius 3 is 2.85 bits per heavy atom. The normalized spacial score (nSPS) is 22.6. The van der Waals surface area contributed by atoms with Crippen LogP contribution in [0.4, 0.5) is 4.39 Å². The average molecular weight is 301 g/mol. The predicted octanol–water partition coefficient (Wildman–Crippen LogP) is 1.19. The molecule has 2 amide bonds. The molecule has 20 heavy (non-hydrogen) atoms. The predicted molar refractivity (Wildman–Crippen MR) is 70.8 cm³/mol. The van der Waals surface area contributed by atoms with Crippen LogP contribution >= 0.6 is 11.6 Å². The minimum atomic E-state index is -0.922. The summed E-state index contributed by atoms with van der Waals surface area (Å²) in [5.74, 6) is -2.11. The molecule has 5 nitrogen and oxygen atoms in total. The summed E-state index contributed by atoms with van der Waals surface area (Å²) in [6.07, 6.45) is -0.535.